The molecule has 1 amide bonds. The SMILES string of the molecule is O=C(c1ccc2c(c1)CCO2)N1CCCC1CBr. The van der Waals surface area contributed by atoms with E-state index in [1.54, 1.807) is 0 Å². The van der Waals surface area contributed by atoms with E-state index in [-0.39, 0.29) is 5.91 Å². The van der Waals surface area contributed by atoms with Crippen molar-refractivity contribution >= 4 is 21.8 Å². The van der Waals surface area contributed by atoms with Crippen molar-refractivity contribution in [2.45, 2.75) is 25.3 Å². The molecule has 0 radical (unpaired) electrons. The lowest BCUT2D eigenvalue weighted by Gasteiger charge is -2.23. The number of carbonyl (C=O) groups is 1. The molecule has 1 atom stereocenters. The van der Waals surface area contributed by atoms with Gasteiger partial charge in [0.05, 0.1) is 6.61 Å². The summed E-state index contributed by atoms with van der Waals surface area (Å²) < 4.78 is 5.47. The van der Waals surface area contributed by atoms with Crippen LogP contribution in [0.5, 0.6) is 5.75 Å². The largest absolute Gasteiger partial charge is 0.493 e. The summed E-state index contributed by atoms with van der Waals surface area (Å²) in [5, 5.41) is 0.868. The first-order valence-corrected chi connectivity index (χ1v) is 7.54. The first-order chi connectivity index (χ1) is 8.79. The molecule has 0 aliphatic carbocycles. The maximum atomic E-state index is 12.5. The highest BCUT2D eigenvalue weighted by molar-refractivity contribution is 9.09. The van der Waals surface area contributed by atoms with E-state index < -0.39 is 0 Å². The molecule has 1 saturated heterocycles. The Bertz CT molecular complexity index is 475. The number of hydrogen-bond donors (Lipinski definition) is 0. The molecule has 96 valence electrons. The van der Waals surface area contributed by atoms with E-state index in [0.29, 0.717) is 6.04 Å². The van der Waals surface area contributed by atoms with Crippen molar-refractivity contribution in [3.63, 3.8) is 0 Å². The van der Waals surface area contributed by atoms with Crippen LogP contribution in [0.1, 0.15) is 28.8 Å². The van der Waals surface area contributed by atoms with Crippen LogP contribution in [0, 0.1) is 0 Å². The van der Waals surface area contributed by atoms with Crippen molar-refractivity contribution in [1.82, 2.24) is 4.90 Å². The Balaban J connectivity index is 1.84. The van der Waals surface area contributed by atoms with Crippen LogP contribution in [-0.4, -0.2) is 35.3 Å². The maximum absolute atomic E-state index is 12.5. The number of rotatable bonds is 2. The van der Waals surface area contributed by atoms with E-state index in [1.807, 2.05) is 23.1 Å². The van der Waals surface area contributed by atoms with Gasteiger partial charge in [-0.2, -0.15) is 0 Å². The summed E-state index contributed by atoms with van der Waals surface area (Å²) in [7, 11) is 0. The minimum absolute atomic E-state index is 0.159. The third-order valence-corrected chi connectivity index (χ3v) is 4.50. The van der Waals surface area contributed by atoms with E-state index in [4.69, 9.17) is 4.74 Å². The molecule has 0 saturated carbocycles. The second kappa shape index (κ2) is 4.92. The molecule has 3 rings (SSSR count). The van der Waals surface area contributed by atoms with E-state index in [1.165, 1.54) is 0 Å². The van der Waals surface area contributed by atoms with Crippen LogP contribution < -0.4 is 4.74 Å². The third-order valence-electron chi connectivity index (χ3n) is 3.75. The molecule has 2 aliphatic rings. The molecular formula is C14H16BrNO2. The number of carbonyl (C=O) groups excluding carboxylic acids is 1. The second-order valence-electron chi connectivity index (χ2n) is 4.87. The van der Waals surface area contributed by atoms with Gasteiger partial charge in [-0.05, 0) is 36.6 Å². The normalized spacial score (nSPS) is 21.8. The second-order valence-corrected chi connectivity index (χ2v) is 5.52. The molecule has 0 spiro atoms. The van der Waals surface area contributed by atoms with Gasteiger partial charge in [-0.25, -0.2) is 0 Å². The lowest BCUT2D eigenvalue weighted by molar-refractivity contribution is 0.0750. The Labute approximate surface area is 115 Å². The lowest BCUT2D eigenvalue weighted by Crippen LogP contribution is -2.36. The fourth-order valence-corrected chi connectivity index (χ4v) is 3.42. The topological polar surface area (TPSA) is 29.5 Å². The summed E-state index contributed by atoms with van der Waals surface area (Å²) in [6.45, 7) is 1.61. The van der Waals surface area contributed by atoms with Crippen molar-refractivity contribution in [1.29, 1.82) is 0 Å². The summed E-state index contributed by atoms with van der Waals surface area (Å²) in [5.41, 5.74) is 1.96. The fourth-order valence-electron chi connectivity index (χ4n) is 2.75. The Kier molecular flexibility index (Phi) is 3.29. The van der Waals surface area contributed by atoms with Gasteiger partial charge in [-0.15, -0.1) is 0 Å². The van der Waals surface area contributed by atoms with Gasteiger partial charge in [-0.3, -0.25) is 4.79 Å². The zero-order valence-electron chi connectivity index (χ0n) is 10.2. The van der Waals surface area contributed by atoms with Crippen molar-refractivity contribution < 1.29 is 9.53 Å². The maximum Gasteiger partial charge on any atom is 0.254 e. The van der Waals surface area contributed by atoms with Crippen molar-refractivity contribution in [3.8, 4) is 5.75 Å². The number of benzene rings is 1. The highest BCUT2D eigenvalue weighted by Crippen LogP contribution is 2.28. The number of halogens is 1. The van der Waals surface area contributed by atoms with Gasteiger partial charge in [-0.1, -0.05) is 15.9 Å². The molecule has 1 aromatic rings. The molecule has 0 bridgehead atoms. The van der Waals surface area contributed by atoms with Crippen molar-refractivity contribution in [2.75, 3.05) is 18.5 Å². The monoisotopic (exact) mass is 309 g/mol. The Morgan fingerprint density at radius 1 is 1.50 bits per heavy atom. The van der Waals surface area contributed by atoms with Crippen LogP contribution in [0.2, 0.25) is 0 Å². The van der Waals surface area contributed by atoms with Gasteiger partial charge in [0.15, 0.2) is 0 Å². The Hall–Kier alpha value is -1.03. The molecule has 1 fully saturated rings. The van der Waals surface area contributed by atoms with Gasteiger partial charge in [0, 0.05) is 29.9 Å². The Morgan fingerprint density at radius 2 is 2.39 bits per heavy atom. The van der Waals surface area contributed by atoms with Gasteiger partial charge in [0.1, 0.15) is 5.75 Å². The lowest BCUT2D eigenvalue weighted by atomic mass is 10.1. The van der Waals surface area contributed by atoms with Crippen LogP contribution in [0.15, 0.2) is 18.2 Å². The summed E-state index contributed by atoms with van der Waals surface area (Å²) in [4.78, 5) is 14.5. The molecular weight excluding hydrogens is 294 g/mol. The van der Waals surface area contributed by atoms with Crippen molar-refractivity contribution in [2.24, 2.45) is 0 Å². The number of alkyl halides is 1. The summed E-state index contributed by atoms with van der Waals surface area (Å²) in [6, 6.07) is 6.15. The first-order valence-electron chi connectivity index (χ1n) is 6.42. The fraction of sp³-hybridized carbons (Fsp3) is 0.500. The van der Waals surface area contributed by atoms with Crippen LogP contribution >= 0.6 is 15.9 Å². The zero-order valence-corrected chi connectivity index (χ0v) is 11.8. The molecule has 2 aliphatic heterocycles. The molecule has 1 aromatic carbocycles. The predicted octanol–water partition coefficient (Wildman–Crippen LogP) is 2.62. The highest BCUT2D eigenvalue weighted by atomic mass is 79.9. The van der Waals surface area contributed by atoms with E-state index in [2.05, 4.69) is 15.9 Å². The van der Waals surface area contributed by atoms with Crippen LogP contribution in [0.25, 0.3) is 0 Å². The molecule has 0 aromatic heterocycles. The molecule has 18 heavy (non-hydrogen) atoms. The van der Waals surface area contributed by atoms with E-state index in [0.717, 1.165) is 54.6 Å². The Morgan fingerprint density at radius 3 is 3.22 bits per heavy atom. The summed E-state index contributed by atoms with van der Waals surface area (Å²) >= 11 is 3.49. The number of fused-ring (bicyclic) bond motifs is 1. The summed E-state index contributed by atoms with van der Waals surface area (Å²) in [6.07, 6.45) is 3.12. The van der Waals surface area contributed by atoms with Gasteiger partial charge in [0.2, 0.25) is 0 Å². The molecule has 3 nitrogen and oxygen atoms in total. The third kappa shape index (κ3) is 2.03. The van der Waals surface area contributed by atoms with Crippen molar-refractivity contribution in [3.05, 3.63) is 29.3 Å². The van der Waals surface area contributed by atoms with Gasteiger partial charge in [0.25, 0.3) is 5.91 Å². The van der Waals surface area contributed by atoms with Crippen LogP contribution in [0.4, 0.5) is 0 Å². The first kappa shape index (κ1) is 12.0. The average molecular weight is 310 g/mol. The number of nitrogens with zero attached hydrogens (tertiary/aromatic N) is 1. The van der Waals surface area contributed by atoms with E-state index >= 15 is 0 Å². The van der Waals surface area contributed by atoms with E-state index in [9.17, 15) is 4.79 Å². The molecule has 0 N–H and O–H groups in total. The number of likely N-dealkylation sites (tertiary alicyclic amines) is 1. The minimum Gasteiger partial charge on any atom is -0.493 e. The van der Waals surface area contributed by atoms with Gasteiger partial charge >= 0.3 is 0 Å². The average Bonchev–Trinajstić information content (AvgIpc) is 3.05. The molecule has 2 heterocycles. The standard InChI is InChI=1S/C14H16BrNO2/c15-9-12-2-1-6-16(12)14(17)11-3-4-13-10(8-11)5-7-18-13/h3-4,8,12H,1-2,5-7,9H2. The smallest absolute Gasteiger partial charge is 0.254 e. The molecule has 1 unspecified atom stereocenters. The number of amides is 1. The van der Waals surface area contributed by atoms with Crippen LogP contribution in [0.3, 0.4) is 0 Å². The number of hydrogen-bond acceptors (Lipinski definition) is 2. The van der Waals surface area contributed by atoms with Gasteiger partial charge < -0.3 is 9.64 Å². The summed E-state index contributed by atoms with van der Waals surface area (Å²) in [5.74, 6) is 1.09. The predicted molar refractivity (Wildman–Crippen MR) is 73.5 cm³/mol. The number of ether oxygens (including phenoxy) is 1. The zero-order chi connectivity index (χ0) is 12.5. The minimum atomic E-state index is 0.159. The highest BCUT2D eigenvalue weighted by Gasteiger charge is 2.29. The van der Waals surface area contributed by atoms with Crippen LogP contribution in [-0.2, 0) is 6.42 Å². The molecule has 4 heteroatoms. The quantitative estimate of drug-likeness (QED) is 0.786.